The number of ether oxygens (including phenoxy) is 1. The predicted molar refractivity (Wildman–Crippen MR) is 83.8 cm³/mol. The molecule has 2 rings (SSSR count). The molecule has 0 aliphatic carbocycles. The van der Waals surface area contributed by atoms with E-state index in [0.717, 1.165) is 5.56 Å². The first-order valence-electron chi connectivity index (χ1n) is 6.51. The van der Waals surface area contributed by atoms with Gasteiger partial charge in [-0.1, -0.05) is 29.8 Å². The van der Waals surface area contributed by atoms with Crippen LogP contribution in [-0.4, -0.2) is 18.7 Å². The van der Waals surface area contributed by atoms with Crippen molar-refractivity contribution in [1.29, 1.82) is 0 Å². The summed E-state index contributed by atoms with van der Waals surface area (Å²) >= 11 is 5.90. The van der Waals surface area contributed by atoms with E-state index in [9.17, 15) is 9.18 Å². The number of hydrazone groups is 1. The lowest BCUT2D eigenvalue weighted by Gasteiger charge is -2.06. The molecule has 1 N–H and O–H groups in total. The molecular weight excluding hydrogens is 307 g/mol. The molecule has 0 fully saturated rings. The van der Waals surface area contributed by atoms with Gasteiger partial charge < -0.3 is 4.74 Å². The first-order chi connectivity index (χ1) is 10.6. The van der Waals surface area contributed by atoms with E-state index in [1.165, 1.54) is 12.3 Å². The molecule has 0 atom stereocenters. The minimum absolute atomic E-state index is 0.199. The lowest BCUT2D eigenvalue weighted by Crippen LogP contribution is -2.24. The van der Waals surface area contributed by atoms with Crippen molar-refractivity contribution in [2.24, 2.45) is 5.10 Å². The van der Waals surface area contributed by atoms with Gasteiger partial charge in [0.1, 0.15) is 11.6 Å². The summed E-state index contributed by atoms with van der Waals surface area (Å²) < 4.78 is 18.6. The number of amides is 1. The van der Waals surface area contributed by atoms with Crippen LogP contribution in [0.5, 0.6) is 5.75 Å². The molecule has 22 heavy (non-hydrogen) atoms. The number of hydrogen-bond acceptors (Lipinski definition) is 3. The molecule has 4 nitrogen and oxygen atoms in total. The van der Waals surface area contributed by atoms with E-state index in [1.807, 2.05) is 6.92 Å². The van der Waals surface area contributed by atoms with Crippen LogP contribution >= 0.6 is 11.6 Å². The van der Waals surface area contributed by atoms with Gasteiger partial charge in [0.2, 0.25) is 0 Å². The lowest BCUT2D eigenvalue weighted by molar-refractivity contribution is -0.123. The average molecular weight is 321 g/mol. The number of rotatable bonds is 5. The Labute approximate surface area is 132 Å². The van der Waals surface area contributed by atoms with Crippen LogP contribution in [0.2, 0.25) is 5.02 Å². The third-order valence-corrected chi connectivity index (χ3v) is 3.22. The van der Waals surface area contributed by atoms with E-state index in [-0.39, 0.29) is 12.2 Å². The Morgan fingerprint density at radius 2 is 2.14 bits per heavy atom. The largest absolute Gasteiger partial charge is 0.484 e. The highest BCUT2D eigenvalue weighted by Gasteiger charge is 2.03. The Bertz CT molecular complexity index is 704. The van der Waals surface area contributed by atoms with Gasteiger partial charge in [0.15, 0.2) is 6.61 Å². The molecule has 114 valence electrons. The van der Waals surface area contributed by atoms with Gasteiger partial charge in [-0.15, -0.1) is 0 Å². The summed E-state index contributed by atoms with van der Waals surface area (Å²) in [6.07, 6.45) is 1.24. The number of carbonyl (C=O) groups excluding carboxylic acids is 1. The second kappa shape index (κ2) is 7.56. The van der Waals surface area contributed by atoms with E-state index >= 15 is 0 Å². The quantitative estimate of drug-likeness (QED) is 0.678. The van der Waals surface area contributed by atoms with Crippen molar-refractivity contribution in [3.8, 4) is 5.75 Å². The minimum atomic E-state index is -0.444. The summed E-state index contributed by atoms with van der Waals surface area (Å²) in [5.41, 5.74) is 3.41. The van der Waals surface area contributed by atoms with Crippen molar-refractivity contribution >= 4 is 23.7 Å². The van der Waals surface area contributed by atoms with Crippen molar-refractivity contribution in [1.82, 2.24) is 5.43 Å². The summed E-state index contributed by atoms with van der Waals surface area (Å²) in [5, 5.41) is 4.31. The highest BCUT2D eigenvalue weighted by atomic mass is 35.5. The van der Waals surface area contributed by atoms with Gasteiger partial charge >= 0.3 is 0 Å². The molecule has 0 aromatic heterocycles. The second-order valence-electron chi connectivity index (χ2n) is 4.51. The molecule has 0 saturated carbocycles. The summed E-state index contributed by atoms with van der Waals surface area (Å²) in [6, 6.07) is 11.2. The number of aryl methyl sites for hydroxylation is 1. The molecule has 0 saturated heterocycles. The molecule has 0 bridgehead atoms. The number of halogens is 2. The molecule has 2 aromatic carbocycles. The topological polar surface area (TPSA) is 50.7 Å². The van der Waals surface area contributed by atoms with Crippen molar-refractivity contribution in [2.75, 3.05) is 6.61 Å². The van der Waals surface area contributed by atoms with E-state index in [1.54, 1.807) is 36.4 Å². The summed E-state index contributed by atoms with van der Waals surface area (Å²) in [5.74, 6) is -0.316. The highest BCUT2D eigenvalue weighted by molar-refractivity contribution is 6.31. The van der Waals surface area contributed by atoms with E-state index in [4.69, 9.17) is 16.3 Å². The molecular formula is C16H14ClFN2O2. The Hall–Kier alpha value is -2.40. The molecule has 0 heterocycles. The predicted octanol–water partition coefficient (Wildman–Crippen LogP) is 3.32. The van der Waals surface area contributed by atoms with Gasteiger partial charge in [0.25, 0.3) is 5.91 Å². The molecule has 2 aromatic rings. The van der Waals surface area contributed by atoms with Crippen LogP contribution < -0.4 is 10.2 Å². The number of benzene rings is 2. The van der Waals surface area contributed by atoms with Crippen LogP contribution in [0.25, 0.3) is 0 Å². The first kappa shape index (κ1) is 16.0. The average Bonchev–Trinajstić information content (AvgIpc) is 2.50. The van der Waals surface area contributed by atoms with Gasteiger partial charge in [0, 0.05) is 10.6 Å². The van der Waals surface area contributed by atoms with Crippen LogP contribution in [-0.2, 0) is 4.79 Å². The number of nitrogens with zero attached hydrogens (tertiary/aromatic N) is 1. The maximum atomic E-state index is 13.3. The van der Waals surface area contributed by atoms with E-state index in [0.29, 0.717) is 10.8 Å². The number of nitrogens with one attached hydrogen (secondary N) is 1. The van der Waals surface area contributed by atoms with Gasteiger partial charge in [-0.25, -0.2) is 9.82 Å². The Balaban J connectivity index is 1.83. The third-order valence-electron chi connectivity index (χ3n) is 2.80. The lowest BCUT2D eigenvalue weighted by atomic mass is 10.2. The van der Waals surface area contributed by atoms with Crippen LogP contribution in [0.3, 0.4) is 0 Å². The normalized spacial score (nSPS) is 10.7. The minimum Gasteiger partial charge on any atom is -0.484 e. The fourth-order valence-electron chi connectivity index (χ4n) is 1.64. The van der Waals surface area contributed by atoms with Gasteiger partial charge in [-0.2, -0.15) is 5.10 Å². The SMILES string of the molecule is Cc1cc(OCC(=O)N/N=C\c2ccccc2F)ccc1Cl. The fraction of sp³-hybridized carbons (Fsp3) is 0.125. The van der Waals surface area contributed by atoms with Crippen molar-refractivity contribution in [3.05, 3.63) is 64.4 Å². The molecule has 0 radical (unpaired) electrons. The zero-order valence-corrected chi connectivity index (χ0v) is 12.6. The van der Waals surface area contributed by atoms with Crippen LogP contribution in [0.4, 0.5) is 4.39 Å². The molecule has 0 aliphatic rings. The monoisotopic (exact) mass is 320 g/mol. The zero-order valence-electron chi connectivity index (χ0n) is 11.8. The smallest absolute Gasteiger partial charge is 0.277 e. The zero-order chi connectivity index (χ0) is 15.9. The maximum absolute atomic E-state index is 13.3. The van der Waals surface area contributed by atoms with Gasteiger partial charge in [0.05, 0.1) is 6.21 Å². The molecule has 0 unspecified atom stereocenters. The molecule has 1 amide bonds. The fourth-order valence-corrected chi connectivity index (χ4v) is 1.76. The highest BCUT2D eigenvalue weighted by Crippen LogP contribution is 2.20. The van der Waals surface area contributed by atoms with Gasteiger partial charge in [-0.3, -0.25) is 4.79 Å². The standard InChI is InChI=1S/C16H14ClFN2O2/c1-11-8-13(6-7-14(11)17)22-10-16(21)20-19-9-12-4-2-3-5-15(12)18/h2-9H,10H2,1H3,(H,20,21)/b19-9-. The maximum Gasteiger partial charge on any atom is 0.277 e. The second-order valence-corrected chi connectivity index (χ2v) is 4.92. The van der Waals surface area contributed by atoms with Crippen molar-refractivity contribution in [3.63, 3.8) is 0 Å². The Morgan fingerprint density at radius 3 is 2.86 bits per heavy atom. The van der Waals surface area contributed by atoms with Crippen LogP contribution in [0.1, 0.15) is 11.1 Å². The van der Waals surface area contributed by atoms with Crippen LogP contribution in [0.15, 0.2) is 47.6 Å². The van der Waals surface area contributed by atoms with Gasteiger partial charge in [-0.05, 0) is 36.8 Å². The van der Waals surface area contributed by atoms with Crippen LogP contribution in [0, 0.1) is 12.7 Å². The van der Waals surface area contributed by atoms with Crippen molar-refractivity contribution in [2.45, 2.75) is 6.92 Å². The third kappa shape index (κ3) is 4.56. The van der Waals surface area contributed by atoms with E-state index < -0.39 is 11.7 Å². The first-order valence-corrected chi connectivity index (χ1v) is 6.89. The number of hydrogen-bond donors (Lipinski definition) is 1. The van der Waals surface area contributed by atoms with Crippen molar-refractivity contribution < 1.29 is 13.9 Å². The Morgan fingerprint density at radius 1 is 1.36 bits per heavy atom. The molecule has 0 aliphatic heterocycles. The summed E-state index contributed by atoms with van der Waals surface area (Å²) in [6.45, 7) is 1.64. The van der Waals surface area contributed by atoms with E-state index in [2.05, 4.69) is 10.5 Å². The number of carbonyl (C=O) groups is 1. The molecule has 6 heteroatoms. The summed E-state index contributed by atoms with van der Waals surface area (Å²) in [4.78, 5) is 11.6. The summed E-state index contributed by atoms with van der Waals surface area (Å²) in [7, 11) is 0. The Kier molecular flexibility index (Phi) is 5.49. The molecule has 0 spiro atoms.